The van der Waals surface area contributed by atoms with Gasteiger partial charge in [0, 0.05) is 13.1 Å². The topological polar surface area (TPSA) is 58.6 Å². The molecule has 1 atom stereocenters. The molecule has 2 rings (SSSR count). The molecule has 1 fully saturated rings. The summed E-state index contributed by atoms with van der Waals surface area (Å²) in [4.78, 5) is 25.6. The number of hydrogen-bond donors (Lipinski definition) is 1. The standard InChI is InChI=1S/C15H19ClN2O3/c1-10-5-4-6-11(12(10)16)17-14(20)18-8-7-15(2,9-18)13(19)21-3/h4-6H,7-9H2,1-3H3,(H,17,20)/t15-/m0/s1. The molecule has 0 aliphatic carbocycles. The molecule has 0 aromatic heterocycles. The van der Waals surface area contributed by atoms with Crippen LogP contribution in [-0.4, -0.2) is 37.1 Å². The molecule has 0 unspecified atom stereocenters. The van der Waals surface area contributed by atoms with E-state index in [0.717, 1.165) is 5.56 Å². The first-order valence-corrected chi connectivity index (χ1v) is 7.14. The Balaban J connectivity index is 2.06. The zero-order valence-corrected chi connectivity index (χ0v) is 13.2. The van der Waals surface area contributed by atoms with E-state index in [-0.39, 0.29) is 12.0 Å². The summed E-state index contributed by atoms with van der Waals surface area (Å²) in [5.74, 6) is -0.286. The van der Waals surface area contributed by atoms with Crippen molar-refractivity contribution in [2.75, 3.05) is 25.5 Å². The number of urea groups is 1. The van der Waals surface area contributed by atoms with Gasteiger partial charge in [-0.05, 0) is 31.9 Å². The van der Waals surface area contributed by atoms with Gasteiger partial charge < -0.3 is 15.0 Å². The van der Waals surface area contributed by atoms with Gasteiger partial charge in [-0.3, -0.25) is 4.79 Å². The van der Waals surface area contributed by atoms with Crippen LogP contribution in [0.15, 0.2) is 18.2 Å². The molecular weight excluding hydrogens is 292 g/mol. The van der Waals surface area contributed by atoms with Crippen molar-refractivity contribution in [1.29, 1.82) is 0 Å². The highest BCUT2D eigenvalue weighted by atomic mass is 35.5. The summed E-state index contributed by atoms with van der Waals surface area (Å²) in [6.45, 7) is 4.55. The second-order valence-corrected chi connectivity index (χ2v) is 5.97. The van der Waals surface area contributed by atoms with Gasteiger partial charge in [0.25, 0.3) is 0 Å². The van der Waals surface area contributed by atoms with Gasteiger partial charge in [-0.15, -0.1) is 0 Å². The maximum absolute atomic E-state index is 12.3. The van der Waals surface area contributed by atoms with Gasteiger partial charge in [0.1, 0.15) is 0 Å². The van der Waals surface area contributed by atoms with Crippen molar-refractivity contribution in [1.82, 2.24) is 4.90 Å². The Hall–Kier alpha value is -1.75. The normalized spacial score (nSPS) is 21.2. The Morgan fingerprint density at radius 3 is 2.81 bits per heavy atom. The van der Waals surface area contributed by atoms with Crippen molar-refractivity contribution < 1.29 is 14.3 Å². The molecule has 1 aliphatic heterocycles. The number of hydrogen-bond acceptors (Lipinski definition) is 3. The summed E-state index contributed by atoms with van der Waals surface area (Å²) in [6.07, 6.45) is 0.592. The number of ether oxygens (including phenoxy) is 1. The van der Waals surface area contributed by atoms with Gasteiger partial charge in [-0.2, -0.15) is 0 Å². The quantitative estimate of drug-likeness (QED) is 0.854. The van der Waals surface area contributed by atoms with Gasteiger partial charge in [0.2, 0.25) is 0 Å². The van der Waals surface area contributed by atoms with Crippen LogP contribution in [0.25, 0.3) is 0 Å². The van der Waals surface area contributed by atoms with E-state index in [0.29, 0.717) is 30.2 Å². The number of carbonyl (C=O) groups is 2. The first-order valence-electron chi connectivity index (χ1n) is 6.77. The summed E-state index contributed by atoms with van der Waals surface area (Å²) < 4.78 is 4.80. The fraction of sp³-hybridized carbons (Fsp3) is 0.467. The largest absolute Gasteiger partial charge is 0.469 e. The molecule has 1 aromatic carbocycles. The van der Waals surface area contributed by atoms with Crippen LogP contribution in [0.2, 0.25) is 5.02 Å². The predicted molar refractivity (Wildman–Crippen MR) is 81.5 cm³/mol. The molecule has 0 radical (unpaired) electrons. The van der Waals surface area contributed by atoms with Crippen molar-refractivity contribution >= 4 is 29.3 Å². The van der Waals surface area contributed by atoms with Crippen LogP contribution >= 0.6 is 11.6 Å². The second-order valence-electron chi connectivity index (χ2n) is 5.59. The third kappa shape index (κ3) is 3.13. The van der Waals surface area contributed by atoms with Gasteiger partial charge in [-0.25, -0.2) is 4.79 Å². The molecule has 0 bridgehead atoms. The van der Waals surface area contributed by atoms with Gasteiger partial charge in [-0.1, -0.05) is 23.7 Å². The number of nitrogens with zero attached hydrogens (tertiary/aromatic N) is 1. The van der Waals surface area contributed by atoms with Crippen LogP contribution in [0.3, 0.4) is 0 Å². The monoisotopic (exact) mass is 310 g/mol. The number of likely N-dealkylation sites (tertiary alicyclic amines) is 1. The average Bonchev–Trinajstić information content (AvgIpc) is 2.87. The Morgan fingerprint density at radius 1 is 1.43 bits per heavy atom. The van der Waals surface area contributed by atoms with Crippen LogP contribution in [0.5, 0.6) is 0 Å². The number of halogens is 1. The Bertz CT molecular complexity index is 576. The van der Waals surface area contributed by atoms with Crippen LogP contribution in [-0.2, 0) is 9.53 Å². The minimum atomic E-state index is -0.636. The molecule has 6 heteroatoms. The second kappa shape index (κ2) is 5.93. The third-order valence-electron chi connectivity index (χ3n) is 3.87. The summed E-state index contributed by atoms with van der Waals surface area (Å²) >= 11 is 6.17. The maximum atomic E-state index is 12.3. The van der Waals surface area contributed by atoms with Crippen molar-refractivity contribution in [2.24, 2.45) is 5.41 Å². The Kier molecular flexibility index (Phi) is 4.42. The first kappa shape index (κ1) is 15.6. The number of esters is 1. The molecule has 21 heavy (non-hydrogen) atoms. The molecule has 114 valence electrons. The minimum Gasteiger partial charge on any atom is -0.469 e. The predicted octanol–water partition coefficient (Wildman–Crippen LogP) is 3.07. The molecular formula is C15H19ClN2O3. The molecule has 0 saturated carbocycles. The number of benzene rings is 1. The molecule has 0 spiro atoms. The lowest BCUT2D eigenvalue weighted by atomic mass is 9.90. The van der Waals surface area contributed by atoms with Crippen molar-refractivity contribution in [2.45, 2.75) is 20.3 Å². The van der Waals surface area contributed by atoms with Crippen LogP contribution in [0.1, 0.15) is 18.9 Å². The molecule has 1 aliphatic rings. The summed E-state index contributed by atoms with van der Waals surface area (Å²) in [5, 5.41) is 3.32. The molecule has 1 saturated heterocycles. The van der Waals surface area contributed by atoms with E-state index < -0.39 is 5.41 Å². The first-order chi connectivity index (χ1) is 9.87. The van der Waals surface area contributed by atoms with E-state index in [1.165, 1.54) is 7.11 Å². The molecule has 1 aromatic rings. The number of anilines is 1. The van der Waals surface area contributed by atoms with Gasteiger partial charge >= 0.3 is 12.0 Å². The molecule has 1 N–H and O–H groups in total. The van der Waals surface area contributed by atoms with Crippen molar-refractivity contribution in [3.63, 3.8) is 0 Å². The number of nitrogens with one attached hydrogen (secondary N) is 1. The number of aryl methyl sites for hydroxylation is 1. The number of amides is 2. The number of methoxy groups -OCH3 is 1. The van der Waals surface area contributed by atoms with Crippen molar-refractivity contribution in [3.05, 3.63) is 28.8 Å². The highest BCUT2D eigenvalue weighted by molar-refractivity contribution is 6.34. The van der Waals surface area contributed by atoms with Crippen LogP contribution in [0.4, 0.5) is 10.5 Å². The van der Waals surface area contributed by atoms with Gasteiger partial charge in [0.05, 0.1) is 23.2 Å². The number of rotatable bonds is 2. The number of carbonyl (C=O) groups excluding carboxylic acids is 2. The summed E-state index contributed by atoms with van der Waals surface area (Å²) in [5.41, 5.74) is 0.839. The lowest BCUT2D eigenvalue weighted by Crippen LogP contribution is -2.37. The maximum Gasteiger partial charge on any atom is 0.321 e. The van der Waals surface area contributed by atoms with E-state index in [9.17, 15) is 9.59 Å². The minimum absolute atomic E-state index is 0.255. The zero-order valence-electron chi connectivity index (χ0n) is 12.4. The Labute approximate surface area is 129 Å². The van der Waals surface area contributed by atoms with Crippen LogP contribution < -0.4 is 5.32 Å². The van der Waals surface area contributed by atoms with E-state index in [2.05, 4.69) is 5.32 Å². The zero-order chi connectivity index (χ0) is 15.6. The SMILES string of the molecule is COC(=O)[C@@]1(C)CCN(C(=O)Nc2cccc(C)c2Cl)C1. The van der Waals surface area contributed by atoms with Gasteiger partial charge in [0.15, 0.2) is 0 Å². The fourth-order valence-electron chi connectivity index (χ4n) is 2.49. The lowest BCUT2D eigenvalue weighted by molar-refractivity contribution is -0.150. The molecule has 1 heterocycles. The fourth-order valence-corrected chi connectivity index (χ4v) is 2.66. The highest BCUT2D eigenvalue weighted by Crippen LogP contribution is 2.32. The summed E-state index contributed by atoms with van der Waals surface area (Å²) in [7, 11) is 1.36. The van der Waals surface area contributed by atoms with Crippen LogP contribution in [0, 0.1) is 12.3 Å². The van der Waals surface area contributed by atoms with E-state index in [1.54, 1.807) is 11.0 Å². The smallest absolute Gasteiger partial charge is 0.321 e. The third-order valence-corrected chi connectivity index (χ3v) is 4.37. The van der Waals surface area contributed by atoms with Crippen molar-refractivity contribution in [3.8, 4) is 0 Å². The van der Waals surface area contributed by atoms with E-state index in [1.807, 2.05) is 26.0 Å². The molecule has 5 nitrogen and oxygen atoms in total. The lowest BCUT2D eigenvalue weighted by Gasteiger charge is -2.22. The van der Waals surface area contributed by atoms with E-state index >= 15 is 0 Å². The van der Waals surface area contributed by atoms with E-state index in [4.69, 9.17) is 16.3 Å². The Morgan fingerprint density at radius 2 is 2.14 bits per heavy atom. The molecule has 2 amide bonds. The highest BCUT2D eigenvalue weighted by Gasteiger charge is 2.43. The summed E-state index contributed by atoms with van der Waals surface area (Å²) in [6, 6.07) is 5.21. The average molecular weight is 311 g/mol.